The van der Waals surface area contributed by atoms with Crippen LogP contribution in [0.5, 0.6) is 5.75 Å². The maximum Gasteiger partial charge on any atom is 0.227 e. The predicted octanol–water partition coefficient (Wildman–Crippen LogP) is 3.71. The molecule has 0 aliphatic carbocycles. The molecule has 0 radical (unpaired) electrons. The van der Waals surface area contributed by atoms with Crippen molar-refractivity contribution >= 4 is 32.6 Å². The van der Waals surface area contributed by atoms with Crippen LogP contribution in [0.4, 0.5) is 0 Å². The van der Waals surface area contributed by atoms with Gasteiger partial charge in [0.2, 0.25) is 5.91 Å². The fourth-order valence-electron chi connectivity index (χ4n) is 3.58. The van der Waals surface area contributed by atoms with E-state index in [-0.39, 0.29) is 5.91 Å². The second kappa shape index (κ2) is 7.75. The van der Waals surface area contributed by atoms with E-state index in [2.05, 4.69) is 40.0 Å². The Morgan fingerprint density at radius 1 is 1.28 bits per heavy atom. The van der Waals surface area contributed by atoms with Crippen LogP contribution in [0.3, 0.4) is 0 Å². The maximum absolute atomic E-state index is 12.9. The third kappa shape index (κ3) is 3.98. The van der Waals surface area contributed by atoms with E-state index in [1.807, 2.05) is 30.1 Å². The van der Waals surface area contributed by atoms with Crippen LogP contribution in [0, 0.1) is 0 Å². The first-order valence-electron chi connectivity index (χ1n) is 8.69. The molecule has 0 unspecified atom stereocenters. The van der Waals surface area contributed by atoms with E-state index in [0.717, 1.165) is 52.5 Å². The minimum Gasteiger partial charge on any atom is -0.496 e. The van der Waals surface area contributed by atoms with Crippen LogP contribution in [-0.2, 0) is 11.2 Å². The Bertz CT molecular complexity index is 770. The molecule has 2 aromatic rings. The second-order valence-electron chi connectivity index (χ2n) is 6.83. The summed E-state index contributed by atoms with van der Waals surface area (Å²) in [5, 5.41) is 2.19. The first-order valence-corrected chi connectivity index (χ1v) is 9.48. The molecular weight excluding hydrogens is 380 g/mol. The number of hydrogen-bond donors (Lipinski definition) is 0. The zero-order valence-corrected chi connectivity index (χ0v) is 16.7. The van der Waals surface area contributed by atoms with E-state index >= 15 is 0 Å². The summed E-state index contributed by atoms with van der Waals surface area (Å²) in [5.74, 6) is 0.934. The molecular formula is C20H25BrN2O2. The first kappa shape index (κ1) is 18.2. The van der Waals surface area contributed by atoms with Crippen molar-refractivity contribution in [1.82, 2.24) is 9.80 Å². The van der Waals surface area contributed by atoms with Gasteiger partial charge in [0.05, 0.1) is 13.5 Å². The van der Waals surface area contributed by atoms with Crippen LogP contribution in [0.2, 0.25) is 0 Å². The molecule has 2 aromatic carbocycles. The van der Waals surface area contributed by atoms with Crippen molar-refractivity contribution in [1.29, 1.82) is 0 Å². The Labute approximate surface area is 157 Å². The molecule has 3 rings (SSSR count). The summed E-state index contributed by atoms with van der Waals surface area (Å²) >= 11 is 3.51. The van der Waals surface area contributed by atoms with E-state index < -0.39 is 0 Å². The largest absolute Gasteiger partial charge is 0.496 e. The molecule has 134 valence electrons. The predicted molar refractivity (Wildman–Crippen MR) is 105 cm³/mol. The Balaban J connectivity index is 1.85. The van der Waals surface area contributed by atoms with Crippen molar-refractivity contribution in [2.45, 2.75) is 25.3 Å². The second-order valence-corrected chi connectivity index (χ2v) is 7.74. The van der Waals surface area contributed by atoms with Crippen molar-refractivity contribution in [3.05, 3.63) is 40.4 Å². The number of ether oxygens (including phenoxy) is 1. The van der Waals surface area contributed by atoms with Crippen molar-refractivity contribution in [2.24, 2.45) is 0 Å². The molecule has 0 bridgehead atoms. The van der Waals surface area contributed by atoms with Crippen LogP contribution in [0.25, 0.3) is 10.8 Å². The van der Waals surface area contributed by atoms with Crippen LogP contribution < -0.4 is 4.74 Å². The molecule has 1 fully saturated rings. The van der Waals surface area contributed by atoms with Crippen molar-refractivity contribution < 1.29 is 9.53 Å². The van der Waals surface area contributed by atoms with Gasteiger partial charge in [-0.2, -0.15) is 0 Å². The molecule has 0 aromatic heterocycles. The van der Waals surface area contributed by atoms with Gasteiger partial charge in [-0.25, -0.2) is 0 Å². The van der Waals surface area contributed by atoms with Crippen molar-refractivity contribution in [3.8, 4) is 5.75 Å². The molecule has 1 aliphatic heterocycles. The van der Waals surface area contributed by atoms with Crippen LogP contribution in [0.1, 0.15) is 18.4 Å². The zero-order valence-electron chi connectivity index (χ0n) is 15.1. The smallest absolute Gasteiger partial charge is 0.227 e. The fraction of sp³-hybridized carbons (Fsp3) is 0.450. The lowest BCUT2D eigenvalue weighted by molar-refractivity contribution is -0.132. The number of rotatable bonds is 4. The molecule has 1 saturated heterocycles. The molecule has 1 amide bonds. The number of likely N-dealkylation sites (tertiary alicyclic amines) is 1. The number of carbonyl (C=O) groups is 1. The number of fused-ring (bicyclic) bond motifs is 1. The van der Waals surface area contributed by atoms with E-state index in [1.165, 1.54) is 0 Å². The van der Waals surface area contributed by atoms with Crippen molar-refractivity contribution in [3.63, 3.8) is 0 Å². The summed E-state index contributed by atoms with van der Waals surface area (Å²) in [5.41, 5.74) is 0.970. The molecule has 0 spiro atoms. The van der Waals surface area contributed by atoms with Crippen LogP contribution in [-0.4, -0.2) is 56.0 Å². The van der Waals surface area contributed by atoms with E-state index in [9.17, 15) is 4.79 Å². The van der Waals surface area contributed by atoms with Gasteiger partial charge in [0.25, 0.3) is 0 Å². The topological polar surface area (TPSA) is 32.8 Å². The van der Waals surface area contributed by atoms with Gasteiger partial charge in [-0.3, -0.25) is 4.79 Å². The third-order valence-corrected chi connectivity index (χ3v) is 5.72. The quantitative estimate of drug-likeness (QED) is 0.778. The lowest BCUT2D eigenvalue weighted by Crippen LogP contribution is -2.45. The van der Waals surface area contributed by atoms with E-state index in [0.29, 0.717) is 12.5 Å². The lowest BCUT2D eigenvalue weighted by atomic mass is 9.99. The maximum atomic E-state index is 12.9. The van der Waals surface area contributed by atoms with Crippen molar-refractivity contribution in [2.75, 3.05) is 34.3 Å². The summed E-state index contributed by atoms with van der Waals surface area (Å²) in [6, 6.07) is 10.5. The molecule has 5 heteroatoms. The summed E-state index contributed by atoms with van der Waals surface area (Å²) in [6.45, 7) is 2.10. The molecule has 4 nitrogen and oxygen atoms in total. The highest BCUT2D eigenvalue weighted by Crippen LogP contribution is 2.31. The van der Waals surface area contributed by atoms with Gasteiger partial charge in [-0.05, 0) is 62.0 Å². The minimum absolute atomic E-state index is 0.156. The average molecular weight is 405 g/mol. The Hall–Kier alpha value is -1.59. The number of piperidine rings is 1. The molecule has 0 atom stereocenters. The van der Waals surface area contributed by atoms with Gasteiger partial charge in [0, 0.05) is 23.1 Å². The highest BCUT2D eigenvalue weighted by Gasteiger charge is 2.25. The molecule has 1 heterocycles. The third-order valence-electron chi connectivity index (χ3n) is 5.23. The minimum atomic E-state index is 0.156. The molecule has 0 N–H and O–H groups in total. The van der Waals surface area contributed by atoms with Gasteiger partial charge in [-0.1, -0.05) is 28.1 Å². The van der Waals surface area contributed by atoms with Gasteiger partial charge in [-0.15, -0.1) is 0 Å². The number of nitrogens with zero attached hydrogens (tertiary/aromatic N) is 2. The number of likely N-dealkylation sites (N-methyl/N-ethyl adjacent to an activating group) is 1. The molecule has 0 saturated carbocycles. The fourth-order valence-corrected chi connectivity index (χ4v) is 3.96. The monoisotopic (exact) mass is 404 g/mol. The van der Waals surface area contributed by atoms with E-state index in [4.69, 9.17) is 4.74 Å². The Morgan fingerprint density at radius 2 is 2.00 bits per heavy atom. The summed E-state index contributed by atoms with van der Waals surface area (Å²) < 4.78 is 6.57. The number of halogens is 1. The summed E-state index contributed by atoms with van der Waals surface area (Å²) in [7, 11) is 5.73. The van der Waals surface area contributed by atoms with Crippen LogP contribution >= 0.6 is 15.9 Å². The highest BCUT2D eigenvalue weighted by atomic mass is 79.9. The highest BCUT2D eigenvalue weighted by molar-refractivity contribution is 9.10. The SMILES string of the molecule is COc1ccc2cc(Br)ccc2c1CC(=O)N(C)C1CCN(C)CC1. The lowest BCUT2D eigenvalue weighted by Gasteiger charge is -2.35. The normalized spacial score (nSPS) is 16.2. The number of amides is 1. The average Bonchev–Trinajstić information content (AvgIpc) is 2.61. The standard InChI is InChI=1S/C20H25BrN2O2/c1-22-10-8-16(9-11-22)23(2)20(24)13-18-17-6-5-15(21)12-14(17)4-7-19(18)25-3/h4-7,12,16H,8-11,13H2,1-3H3. The van der Waals surface area contributed by atoms with Crippen LogP contribution in [0.15, 0.2) is 34.8 Å². The van der Waals surface area contributed by atoms with Gasteiger partial charge >= 0.3 is 0 Å². The first-order chi connectivity index (χ1) is 12.0. The molecule has 25 heavy (non-hydrogen) atoms. The molecule has 1 aliphatic rings. The number of methoxy groups -OCH3 is 1. The Kier molecular flexibility index (Phi) is 5.64. The van der Waals surface area contributed by atoms with Gasteiger partial charge < -0.3 is 14.5 Å². The van der Waals surface area contributed by atoms with E-state index in [1.54, 1.807) is 7.11 Å². The zero-order chi connectivity index (χ0) is 18.0. The Morgan fingerprint density at radius 3 is 2.68 bits per heavy atom. The van der Waals surface area contributed by atoms with Gasteiger partial charge in [0.1, 0.15) is 5.75 Å². The number of benzene rings is 2. The number of hydrogen-bond acceptors (Lipinski definition) is 3. The summed E-state index contributed by atoms with van der Waals surface area (Å²) in [4.78, 5) is 17.2. The summed E-state index contributed by atoms with van der Waals surface area (Å²) in [6.07, 6.45) is 2.45. The number of carbonyl (C=O) groups excluding carboxylic acids is 1. The van der Waals surface area contributed by atoms with Gasteiger partial charge in [0.15, 0.2) is 0 Å².